The van der Waals surface area contributed by atoms with Crippen molar-refractivity contribution >= 4 is 27.3 Å². The van der Waals surface area contributed by atoms with E-state index in [2.05, 4.69) is 30.1 Å². The van der Waals surface area contributed by atoms with Crippen LogP contribution in [0.2, 0.25) is 0 Å². The lowest BCUT2D eigenvalue weighted by atomic mass is 10.2. The minimum absolute atomic E-state index is 0.156. The van der Waals surface area contributed by atoms with Gasteiger partial charge in [0.15, 0.2) is 0 Å². The van der Waals surface area contributed by atoms with Crippen LogP contribution in [0, 0.1) is 0 Å². The SMILES string of the molecule is O=C(Nc1cnccc1N1CCNCC1)c1ccc(S(=O)(=O)NCCCN2CCCC2)cc1. The molecule has 0 atom stereocenters. The minimum atomic E-state index is -3.60. The number of carbonyl (C=O) groups excluding carboxylic acids is 1. The standard InChI is InChI=1S/C23H32N6O3S/c30-23(27-21-18-25-10-8-22(21)29-16-11-24-12-17-29)19-4-6-20(7-5-19)33(31,32)26-9-3-15-28-13-1-2-14-28/h4-8,10,18,24,26H,1-3,9,11-17H2,(H,27,30). The van der Waals surface area contributed by atoms with Crippen LogP contribution in [0.15, 0.2) is 47.6 Å². The van der Waals surface area contributed by atoms with Gasteiger partial charge in [0, 0.05) is 44.5 Å². The third-order valence-corrected chi connectivity index (χ3v) is 7.55. The Morgan fingerprint density at radius 2 is 1.76 bits per heavy atom. The highest BCUT2D eigenvalue weighted by molar-refractivity contribution is 7.89. The molecule has 1 aromatic carbocycles. The maximum Gasteiger partial charge on any atom is 0.255 e. The molecule has 4 rings (SSSR count). The Balaban J connectivity index is 1.34. The van der Waals surface area contributed by atoms with E-state index in [1.807, 2.05) is 6.07 Å². The predicted molar refractivity (Wildman–Crippen MR) is 129 cm³/mol. The number of rotatable bonds is 9. The third kappa shape index (κ3) is 6.29. The summed E-state index contributed by atoms with van der Waals surface area (Å²) in [6.45, 7) is 6.99. The van der Waals surface area contributed by atoms with Gasteiger partial charge in [-0.05, 0) is 69.2 Å². The first-order chi connectivity index (χ1) is 16.0. The Morgan fingerprint density at radius 3 is 2.48 bits per heavy atom. The van der Waals surface area contributed by atoms with Gasteiger partial charge in [-0.15, -0.1) is 0 Å². The second-order valence-corrected chi connectivity index (χ2v) is 10.2. The summed E-state index contributed by atoms with van der Waals surface area (Å²) in [4.78, 5) is 21.7. The molecular formula is C23H32N6O3S. The molecular weight excluding hydrogens is 440 g/mol. The molecule has 0 bridgehead atoms. The molecule has 33 heavy (non-hydrogen) atoms. The average molecular weight is 473 g/mol. The summed E-state index contributed by atoms with van der Waals surface area (Å²) in [5.41, 5.74) is 1.95. The number of sulfonamides is 1. The van der Waals surface area contributed by atoms with Crippen molar-refractivity contribution in [1.82, 2.24) is 19.9 Å². The van der Waals surface area contributed by atoms with Gasteiger partial charge in [0.25, 0.3) is 5.91 Å². The van der Waals surface area contributed by atoms with Crippen LogP contribution in [-0.4, -0.2) is 76.6 Å². The second-order valence-electron chi connectivity index (χ2n) is 8.41. The topological polar surface area (TPSA) is 107 Å². The number of hydrogen-bond acceptors (Lipinski definition) is 7. The van der Waals surface area contributed by atoms with Crippen molar-refractivity contribution < 1.29 is 13.2 Å². The van der Waals surface area contributed by atoms with Crippen molar-refractivity contribution in [1.29, 1.82) is 0 Å². The van der Waals surface area contributed by atoms with E-state index in [0.29, 0.717) is 17.8 Å². The van der Waals surface area contributed by atoms with E-state index in [0.717, 1.165) is 57.9 Å². The Labute approximate surface area is 195 Å². The zero-order valence-corrected chi connectivity index (χ0v) is 19.6. The van der Waals surface area contributed by atoms with Gasteiger partial charge in [-0.2, -0.15) is 0 Å². The molecule has 1 aromatic heterocycles. The van der Waals surface area contributed by atoms with Crippen LogP contribution in [-0.2, 0) is 10.0 Å². The zero-order valence-electron chi connectivity index (χ0n) is 18.8. The van der Waals surface area contributed by atoms with E-state index in [1.54, 1.807) is 12.4 Å². The summed E-state index contributed by atoms with van der Waals surface area (Å²) >= 11 is 0. The molecule has 10 heteroatoms. The van der Waals surface area contributed by atoms with Gasteiger partial charge < -0.3 is 20.4 Å². The van der Waals surface area contributed by atoms with Gasteiger partial charge in [0.1, 0.15) is 0 Å². The monoisotopic (exact) mass is 472 g/mol. The summed E-state index contributed by atoms with van der Waals surface area (Å²) in [6.07, 6.45) is 6.58. The number of carbonyl (C=O) groups is 1. The number of aromatic nitrogens is 1. The van der Waals surface area contributed by atoms with Gasteiger partial charge >= 0.3 is 0 Å². The smallest absolute Gasteiger partial charge is 0.255 e. The molecule has 0 aliphatic carbocycles. The molecule has 2 saturated heterocycles. The van der Waals surface area contributed by atoms with Crippen LogP contribution in [0.25, 0.3) is 0 Å². The van der Waals surface area contributed by atoms with Crippen LogP contribution in [0.3, 0.4) is 0 Å². The summed E-state index contributed by atoms with van der Waals surface area (Å²) in [6, 6.07) is 7.91. The van der Waals surface area contributed by atoms with Crippen molar-refractivity contribution in [3.63, 3.8) is 0 Å². The van der Waals surface area contributed by atoms with Crippen LogP contribution >= 0.6 is 0 Å². The molecule has 0 saturated carbocycles. The maximum absolute atomic E-state index is 12.8. The highest BCUT2D eigenvalue weighted by Gasteiger charge is 2.18. The van der Waals surface area contributed by atoms with Gasteiger partial charge in [0.05, 0.1) is 22.5 Å². The molecule has 2 aliphatic heterocycles. The van der Waals surface area contributed by atoms with Gasteiger partial charge in [-0.1, -0.05) is 0 Å². The van der Waals surface area contributed by atoms with E-state index in [1.165, 1.54) is 37.1 Å². The summed E-state index contributed by atoms with van der Waals surface area (Å²) in [5, 5.41) is 6.23. The molecule has 1 amide bonds. The normalized spacial score (nSPS) is 17.3. The number of likely N-dealkylation sites (tertiary alicyclic amines) is 1. The number of amides is 1. The molecule has 3 heterocycles. The molecule has 2 fully saturated rings. The van der Waals surface area contributed by atoms with Crippen LogP contribution in [0.4, 0.5) is 11.4 Å². The molecule has 0 radical (unpaired) electrons. The second kappa shape index (κ2) is 11.1. The van der Waals surface area contributed by atoms with E-state index in [9.17, 15) is 13.2 Å². The average Bonchev–Trinajstić information content (AvgIpc) is 3.36. The lowest BCUT2D eigenvalue weighted by Gasteiger charge is -2.30. The molecule has 0 spiro atoms. The quantitative estimate of drug-likeness (QED) is 0.475. The lowest BCUT2D eigenvalue weighted by Crippen LogP contribution is -2.43. The summed E-state index contributed by atoms with van der Waals surface area (Å²) in [7, 11) is -3.60. The van der Waals surface area contributed by atoms with Crippen LogP contribution in [0.5, 0.6) is 0 Å². The molecule has 178 valence electrons. The highest BCUT2D eigenvalue weighted by Crippen LogP contribution is 2.25. The van der Waals surface area contributed by atoms with E-state index in [-0.39, 0.29) is 10.8 Å². The number of anilines is 2. The lowest BCUT2D eigenvalue weighted by molar-refractivity contribution is 0.102. The molecule has 9 nitrogen and oxygen atoms in total. The van der Waals surface area contributed by atoms with E-state index in [4.69, 9.17) is 0 Å². The molecule has 2 aromatic rings. The Bertz CT molecular complexity index is 1030. The fourth-order valence-corrected chi connectivity index (χ4v) is 5.32. The van der Waals surface area contributed by atoms with Gasteiger partial charge in [-0.3, -0.25) is 9.78 Å². The van der Waals surface area contributed by atoms with Crippen molar-refractivity contribution in [2.24, 2.45) is 0 Å². The van der Waals surface area contributed by atoms with Crippen molar-refractivity contribution in [2.45, 2.75) is 24.2 Å². The van der Waals surface area contributed by atoms with E-state index >= 15 is 0 Å². The maximum atomic E-state index is 12.8. The fourth-order valence-electron chi connectivity index (χ4n) is 4.24. The van der Waals surface area contributed by atoms with Crippen molar-refractivity contribution in [3.05, 3.63) is 48.3 Å². The predicted octanol–water partition coefficient (Wildman–Crippen LogP) is 1.51. The first-order valence-corrected chi connectivity index (χ1v) is 13.0. The first kappa shape index (κ1) is 23.6. The van der Waals surface area contributed by atoms with Crippen LogP contribution < -0.4 is 20.3 Å². The number of nitrogens with one attached hydrogen (secondary N) is 3. The Morgan fingerprint density at radius 1 is 1.03 bits per heavy atom. The molecule has 2 aliphatic rings. The summed E-state index contributed by atoms with van der Waals surface area (Å²) < 4.78 is 27.8. The molecule has 3 N–H and O–H groups in total. The number of hydrogen-bond donors (Lipinski definition) is 3. The van der Waals surface area contributed by atoms with Crippen molar-refractivity contribution in [3.8, 4) is 0 Å². The Hall–Kier alpha value is -2.53. The van der Waals surface area contributed by atoms with Crippen LogP contribution in [0.1, 0.15) is 29.6 Å². The number of benzene rings is 1. The van der Waals surface area contributed by atoms with Gasteiger partial charge in [0.2, 0.25) is 10.0 Å². The molecule has 0 unspecified atom stereocenters. The Kier molecular flexibility index (Phi) is 7.92. The third-order valence-electron chi connectivity index (χ3n) is 6.07. The van der Waals surface area contributed by atoms with E-state index < -0.39 is 10.0 Å². The zero-order chi connectivity index (χ0) is 23.1. The first-order valence-electron chi connectivity index (χ1n) is 11.6. The fraction of sp³-hybridized carbons (Fsp3) is 0.478. The number of piperazine rings is 1. The number of pyridine rings is 1. The van der Waals surface area contributed by atoms with Crippen molar-refractivity contribution in [2.75, 3.05) is 62.6 Å². The summed E-state index contributed by atoms with van der Waals surface area (Å²) in [5.74, 6) is -0.304. The largest absolute Gasteiger partial charge is 0.367 e. The minimum Gasteiger partial charge on any atom is -0.367 e. The van der Waals surface area contributed by atoms with Gasteiger partial charge in [-0.25, -0.2) is 13.1 Å². The number of nitrogens with zero attached hydrogens (tertiary/aromatic N) is 3. The highest BCUT2D eigenvalue weighted by atomic mass is 32.2.